The smallest absolute Gasteiger partial charge is 0.0494 e. The van der Waals surface area contributed by atoms with Gasteiger partial charge in [0.05, 0.1) is 0 Å². The Kier molecular flexibility index (Phi) is 4.62. The van der Waals surface area contributed by atoms with E-state index in [9.17, 15) is 0 Å². The molecule has 0 bridgehead atoms. The molecule has 6 rings (SSSR count). The zero-order chi connectivity index (χ0) is 20.8. The number of nitrogens with zero attached hydrogens (tertiary/aromatic N) is 2. The number of benzene rings is 3. The first-order valence-electron chi connectivity index (χ1n) is 11.8. The molecule has 1 saturated heterocycles. The van der Waals surface area contributed by atoms with Crippen LogP contribution in [0.1, 0.15) is 36.5 Å². The molecule has 1 aromatic heterocycles. The summed E-state index contributed by atoms with van der Waals surface area (Å²) < 4.78 is 2.46. The Labute approximate surface area is 184 Å². The molecule has 3 heterocycles. The molecule has 158 valence electrons. The Bertz CT molecular complexity index is 1240. The molecule has 3 nitrogen and oxygen atoms in total. The standard InChI is InChI=1S/C28H31N3/c1-2-31-26-10-6-4-8-23(26)24-12-11-21(19-27(24)31)20-30-17-14-28(15-18-30)25-9-5-3-7-22(25)13-16-29-28/h3-12,19,29H,2,13-18,20H2,1H3. The van der Waals surface area contributed by atoms with Crippen LogP contribution in [-0.4, -0.2) is 29.1 Å². The number of piperidine rings is 1. The predicted octanol–water partition coefficient (Wildman–Crippen LogP) is 5.45. The Hall–Kier alpha value is -2.62. The molecule has 0 atom stereocenters. The fourth-order valence-corrected chi connectivity index (χ4v) is 6.07. The molecule has 0 radical (unpaired) electrons. The summed E-state index contributed by atoms with van der Waals surface area (Å²) in [6.45, 7) is 7.70. The average Bonchev–Trinajstić information content (AvgIpc) is 3.14. The minimum absolute atomic E-state index is 0.184. The highest BCUT2D eigenvalue weighted by atomic mass is 15.2. The molecule has 0 aliphatic carbocycles. The van der Waals surface area contributed by atoms with Gasteiger partial charge in [0.2, 0.25) is 0 Å². The first-order valence-corrected chi connectivity index (χ1v) is 11.8. The second kappa shape index (κ2) is 7.51. The van der Waals surface area contributed by atoms with Gasteiger partial charge >= 0.3 is 0 Å². The van der Waals surface area contributed by atoms with Crippen molar-refractivity contribution < 1.29 is 0 Å². The van der Waals surface area contributed by atoms with Gasteiger partial charge in [0.1, 0.15) is 0 Å². The molecule has 0 unspecified atom stereocenters. The van der Waals surface area contributed by atoms with Crippen molar-refractivity contribution in [2.75, 3.05) is 19.6 Å². The maximum atomic E-state index is 3.90. The Morgan fingerprint density at radius 1 is 0.871 bits per heavy atom. The monoisotopic (exact) mass is 409 g/mol. The Morgan fingerprint density at radius 3 is 2.52 bits per heavy atom. The Morgan fingerprint density at radius 2 is 1.65 bits per heavy atom. The van der Waals surface area contributed by atoms with E-state index in [1.54, 1.807) is 11.1 Å². The number of para-hydroxylation sites is 1. The van der Waals surface area contributed by atoms with Gasteiger partial charge in [-0.2, -0.15) is 0 Å². The fourth-order valence-electron chi connectivity index (χ4n) is 6.07. The third-order valence-corrected chi connectivity index (χ3v) is 7.66. The number of aryl methyl sites for hydroxylation is 1. The molecule has 1 spiro atoms. The highest BCUT2D eigenvalue weighted by molar-refractivity contribution is 6.08. The first kappa shape index (κ1) is 19.1. The lowest BCUT2D eigenvalue weighted by atomic mass is 9.76. The summed E-state index contributed by atoms with van der Waals surface area (Å²) in [5, 5.41) is 6.64. The van der Waals surface area contributed by atoms with Crippen LogP contribution >= 0.6 is 0 Å². The number of rotatable bonds is 3. The lowest BCUT2D eigenvalue weighted by Gasteiger charge is -2.46. The molecule has 31 heavy (non-hydrogen) atoms. The van der Waals surface area contributed by atoms with Crippen molar-refractivity contribution >= 4 is 21.8 Å². The molecule has 4 aromatic rings. The number of aromatic nitrogens is 1. The van der Waals surface area contributed by atoms with Gasteiger partial charge in [0.25, 0.3) is 0 Å². The topological polar surface area (TPSA) is 20.2 Å². The van der Waals surface area contributed by atoms with E-state index in [2.05, 4.69) is 88.4 Å². The maximum absolute atomic E-state index is 3.90. The SMILES string of the molecule is CCn1c2ccccc2c2ccc(CN3CCC4(CC3)NCCc3ccccc34)cc21. The third-order valence-electron chi connectivity index (χ3n) is 7.66. The lowest BCUT2D eigenvalue weighted by Crippen LogP contribution is -2.53. The minimum atomic E-state index is 0.184. The van der Waals surface area contributed by atoms with Crippen molar-refractivity contribution in [3.63, 3.8) is 0 Å². The van der Waals surface area contributed by atoms with E-state index >= 15 is 0 Å². The van der Waals surface area contributed by atoms with Gasteiger partial charge in [-0.1, -0.05) is 54.6 Å². The van der Waals surface area contributed by atoms with Gasteiger partial charge in [0.15, 0.2) is 0 Å². The number of hydrogen-bond acceptors (Lipinski definition) is 2. The van der Waals surface area contributed by atoms with Crippen molar-refractivity contribution in [3.8, 4) is 0 Å². The van der Waals surface area contributed by atoms with Gasteiger partial charge in [-0.15, -0.1) is 0 Å². The second-order valence-corrected chi connectivity index (χ2v) is 9.31. The van der Waals surface area contributed by atoms with Crippen LogP contribution in [-0.2, 0) is 25.0 Å². The van der Waals surface area contributed by atoms with Crippen molar-refractivity contribution in [2.24, 2.45) is 0 Å². The number of nitrogens with one attached hydrogen (secondary N) is 1. The van der Waals surface area contributed by atoms with Crippen molar-refractivity contribution in [1.29, 1.82) is 0 Å². The van der Waals surface area contributed by atoms with Crippen LogP contribution in [0.2, 0.25) is 0 Å². The summed E-state index contributed by atoms with van der Waals surface area (Å²) in [5.74, 6) is 0. The summed E-state index contributed by atoms with van der Waals surface area (Å²) in [7, 11) is 0. The molecule has 1 N–H and O–H groups in total. The second-order valence-electron chi connectivity index (χ2n) is 9.31. The van der Waals surface area contributed by atoms with Crippen molar-refractivity contribution in [2.45, 2.75) is 44.8 Å². The number of likely N-dealkylation sites (tertiary alicyclic amines) is 1. The van der Waals surface area contributed by atoms with E-state index in [0.29, 0.717) is 0 Å². The third kappa shape index (κ3) is 3.10. The van der Waals surface area contributed by atoms with E-state index < -0.39 is 0 Å². The molecule has 0 saturated carbocycles. The normalized spacial score (nSPS) is 18.6. The molecule has 2 aliphatic heterocycles. The molecule has 3 heteroatoms. The maximum Gasteiger partial charge on any atom is 0.0494 e. The van der Waals surface area contributed by atoms with Crippen LogP contribution in [0.5, 0.6) is 0 Å². The molecule has 2 aliphatic rings. The molecule has 1 fully saturated rings. The van der Waals surface area contributed by atoms with Crippen LogP contribution in [0.15, 0.2) is 66.7 Å². The highest BCUT2D eigenvalue weighted by Gasteiger charge is 2.38. The van der Waals surface area contributed by atoms with Crippen LogP contribution in [0.25, 0.3) is 21.8 Å². The lowest BCUT2D eigenvalue weighted by molar-refractivity contribution is 0.124. The van der Waals surface area contributed by atoms with Gasteiger partial charge in [-0.25, -0.2) is 0 Å². The van der Waals surface area contributed by atoms with Crippen molar-refractivity contribution in [3.05, 3.63) is 83.4 Å². The summed E-state index contributed by atoms with van der Waals surface area (Å²) >= 11 is 0. The van der Waals surface area contributed by atoms with E-state index in [1.165, 1.54) is 40.2 Å². The van der Waals surface area contributed by atoms with E-state index in [0.717, 1.165) is 39.1 Å². The zero-order valence-corrected chi connectivity index (χ0v) is 18.4. The van der Waals surface area contributed by atoms with Crippen molar-refractivity contribution in [1.82, 2.24) is 14.8 Å². The molecular formula is C28H31N3. The minimum Gasteiger partial charge on any atom is -0.341 e. The summed E-state index contributed by atoms with van der Waals surface area (Å²) in [6, 6.07) is 25.0. The largest absolute Gasteiger partial charge is 0.341 e. The van der Waals surface area contributed by atoms with Gasteiger partial charge in [-0.05, 0) is 55.0 Å². The van der Waals surface area contributed by atoms with Crippen LogP contribution in [0, 0.1) is 0 Å². The fraction of sp³-hybridized carbons (Fsp3) is 0.357. The summed E-state index contributed by atoms with van der Waals surface area (Å²) in [4.78, 5) is 2.64. The summed E-state index contributed by atoms with van der Waals surface area (Å²) in [5.41, 5.74) is 7.43. The number of hydrogen-bond donors (Lipinski definition) is 1. The molecule has 3 aromatic carbocycles. The zero-order valence-electron chi connectivity index (χ0n) is 18.4. The van der Waals surface area contributed by atoms with Gasteiger partial charge in [0, 0.05) is 60.1 Å². The predicted molar refractivity (Wildman–Crippen MR) is 129 cm³/mol. The Balaban J connectivity index is 1.24. The highest BCUT2D eigenvalue weighted by Crippen LogP contribution is 2.38. The first-order chi connectivity index (χ1) is 15.3. The van der Waals surface area contributed by atoms with Gasteiger partial charge < -0.3 is 9.88 Å². The van der Waals surface area contributed by atoms with E-state index in [-0.39, 0.29) is 5.54 Å². The molecular weight excluding hydrogens is 378 g/mol. The van der Waals surface area contributed by atoms with E-state index in [4.69, 9.17) is 0 Å². The molecule has 0 amide bonds. The quantitative estimate of drug-likeness (QED) is 0.485. The van der Waals surface area contributed by atoms with Crippen LogP contribution < -0.4 is 5.32 Å². The average molecular weight is 410 g/mol. The van der Waals surface area contributed by atoms with Gasteiger partial charge in [-0.3, -0.25) is 4.90 Å². The van der Waals surface area contributed by atoms with Crippen LogP contribution in [0.4, 0.5) is 0 Å². The van der Waals surface area contributed by atoms with Crippen LogP contribution in [0.3, 0.4) is 0 Å². The summed E-state index contributed by atoms with van der Waals surface area (Å²) in [6.07, 6.45) is 3.55. The van der Waals surface area contributed by atoms with E-state index in [1.807, 2.05) is 0 Å². The number of fused-ring (bicyclic) bond motifs is 5.